The molecule has 0 spiro atoms. The van der Waals surface area contributed by atoms with Gasteiger partial charge in [0.25, 0.3) is 0 Å². The quantitative estimate of drug-likeness (QED) is 0.730. The van der Waals surface area contributed by atoms with Crippen molar-refractivity contribution in [1.82, 2.24) is 5.32 Å². The summed E-state index contributed by atoms with van der Waals surface area (Å²) in [7, 11) is 0. The molecule has 1 unspecified atom stereocenters. The molecule has 1 aromatic carbocycles. The van der Waals surface area contributed by atoms with E-state index in [9.17, 15) is 9.90 Å². The lowest BCUT2D eigenvalue weighted by Gasteiger charge is -2.36. The molecule has 1 amide bonds. The first-order valence-electron chi connectivity index (χ1n) is 8.68. The van der Waals surface area contributed by atoms with Gasteiger partial charge in [0.15, 0.2) is 6.23 Å². The summed E-state index contributed by atoms with van der Waals surface area (Å²) in [5, 5.41) is 16.9. The van der Waals surface area contributed by atoms with Gasteiger partial charge in [0.2, 0.25) is 5.91 Å². The molecule has 0 aromatic heterocycles. The minimum atomic E-state index is -0.817. The van der Waals surface area contributed by atoms with Crippen LogP contribution in [0, 0.1) is 0 Å². The van der Waals surface area contributed by atoms with Gasteiger partial charge in [0, 0.05) is 17.7 Å². The maximum Gasteiger partial charge on any atom is 0.224 e. The first kappa shape index (κ1) is 16.3. The van der Waals surface area contributed by atoms with Gasteiger partial charge >= 0.3 is 0 Å². The van der Waals surface area contributed by atoms with Crippen molar-refractivity contribution < 1.29 is 14.6 Å². The highest BCUT2D eigenvalue weighted by atomic mass is 16.5. The predicted molar refractivity (Wildman–Crippen MR) is 89.3 cm³/mol. The predicted octanol–water partition coefficient (Wildman–Crippen LogP) is 2.93. The molecule has 1 atom stereocenters. The summed E-state index contributed by atoms with van der Waals surface area (Å²) in [5.41, 5.74) is 1.06. The molecule has 3 N–H and O–H groups in total. The Hall–Kier alpha value is -1.59. The zero-order chi connectivity index (χ0) is 16.3. The molecule has 0 radical (unpaired) electrons. The molecule has 1 aromatic rings. The van der Waals surface area contributed by atoms with E-state index < -0.39 is 5.72 Å². The van der Waals surface area contributed by atoms with Crippen molar-refractivity contribution in [1.29, 1.82) is 0 Å². The van der Waals surface area contributed by atoms with Crippen LogP contribution < -0.4 is 15.4 Å². The lowest BCUT2D eigenvalue weighted by atomic mass is 9.91. The van der Waals surface area contributed by atoms with Gasteiger partial charge in [-0.25, -0.2) is 0 Å². The Labute approximate surface area is 137 Å². The van der Waals surface area contributed by atoms with E-state index in [1.54, 1.807) is 0 Å². The van der Waals surface area contributed by atoms with Crippen LogP contribution in [0.1, 0.15) is 57.4 Å². The second kappa shape index (κ2) is 6.89. The highest BCUT2D eigenvalue weighted by Crippen LogP contribution is 2.32. The van der Waals surface area contributed by atoms with Crippen molar-refractivity contribution in [3.05, 3.63) is 23.8 Å². The summed E-state index contributed by atoms with van der Waals surface area (Å²) in [6.45, 7) is 2.04. The third-order valence-electron chi connectivity index (χ3n) is 4.76. The number of anilines is 1. The zero-order valence-electron chi connectivity index (χ0n) is 13.7. The van der Waals surface area contributed by atoms with Crippen LogP contribution in [0.3, 0.4) is 0 Å². The fraction of sp³-hybridized carbons (Fsp3) is 0.611. The van der Waals surface area contributed by atoms with E-state index in [-0.39, 0.29) is 12.1 Å². The zero-order valence-corrected chi connectivity index (χ0v) is 13.7. The number of carbonyl (C=O) groups is 1. The van der Waals surface area contributed by atoms with Gasteiger partial charge in [-0.1, -0.05) is 19.4 Å². The molecule has 5 heteroatoms. The molecule has 1 saturated carbocycles. The van der Waals surface area contributed by atoms with Crippen LogP contribution in [-0.2, 0) is 11.2 Å². The van der Waals surface area contributed by atoms with Crippen molar-refractivity contribution in [3.63, 3.8) is 0 Å². The SMILES string of the molecule is CCC(NC1(O)CCCCC1)Oc1cccc2c1CCC(=O)N2. The van der Waals surface area contributed by atoms with Crippen molar-refractivity contribution in [2.45, 2.75) is 70.2 Å². The number of amides is 1. The van der Waals surface area contributed by atoms with Gasteiger partial charge in [-0.2, -0.15) is 0 Å². The number of fused-ring (bicyclic) bond motifs is 1. The lowest BCUT2D eigenvalue weighted by Crippen LogP contribution is -2.53. The van der Waals surface area contributed by atoms with Crippen molar-refractivity contribution in [3.8, 4) is 5.75 Å². The fourth-order valence-corrected chi connectivity index (χ4v) is 3.45. The smallest absolute Gasteiger partial charge is 0.224 e. The Balaban J connectivity index is 1.72. The van der Waals surface area contributed by atoms with Crippen LogP contribution in [0.2, 0.25) is 0 Å². The molecule has 23 heavy (non-hydrogen) atoms. The van der Waals surface area contributed by atoms with Gasteiger partial charge in [0.05, 0.1) is 0 Å². The number of aliphatic hydroxyl groups is 1. The molecular weight excluding hydrogens is 292 g/mol. The van der Waals surface area contributed by atoms with E-state index >= 15 is 0 Å². The van der Waals surface area contributed by atoms with Gasteiger partial charge in [-0.15, -0.1) is 0 Å². The number of ether oxygens (including phenoxy) is 1. The Morgan fingerprint density at radius 2 is 2.09 bits per heavy atom. The third-order valence-corrected chi connectivity index (χ3v) is 4.76. The van der Waals surface area contributed by atoms with Crippen LogP contribution in [0.25, 0.3) is 0 Å². The van der Waals surface area contributed by atoms with Gasteiger partial charge in [-0.05, 0) is 50.7 Å². The number of nitrogens with one attached hydrogen (secondary N) is 2. The molecule has 0 bridgehead atoms. The van der Waals surface area contributed by atoms with E-state index in [1.165, 1.54) is 6.42 Å². The molecule has 2 aliphatic rings. The molecule has 1 fully saturated rings. The summed E-state index contributed by atoms with van der Waals surface area (Å²) in [4.78, 5) is 11.5. The standard InChI is InChI=1S/C18H26N2O3/c1-2-17(20-18(22)11-4-3-5-12-18)23-15-8-6-7-14-13(15)9-10-16(21)19-14/h6-8,17,20,22H,2-5,9-12H2,1H3,(H,19,21). The molecule has 1 aliphatic heterocycles. The number of carbonyl (C=O) groups excluding carboxylic acids is 1. The third kappa shape index (κ3) is 3.85. The van der Waals surface area contributed by atoms with E-state index in [4.69, 9.17) is 4.74 Å². The summed E-state index contributed by atoms with van der Waals surface area (Å²) < 4.78 is 6.14. The van der Waals surface area contributed by atoms with Crippen molar-refractivity contribution in [2.24, 2.45) is 0 Å². The summed E-state index contributed by atoms with van der Waals surface area (Å²) >= 11 is 0. The van der Waals surface area contributed by atoms with Crippen LogP contribution in [0.4, 0.5) is 5.69 Å². The Morgan fingerprint density at radius 1 is 1.30 bits per heavy atom. The molecule has 1 aliphatic carbocycles. The number of hydrogen-bond acceptors (Lipinski definition) is 4. The Morgan fingerprint density at radius 3 is 2.83 bits per heavy atom. The molecule has 0 saturated heterocycles. The number of rotatable bonds is 5. The maximum absolute atomic E-state index is 11.5. The van der Waals surface area contributed by atoms with Crippen LogP contribution in [0.5, 0.6) is 5.75 Å². The molecule has 3 rings (SSSR count). The number of benzene rings is 1. The molecule has 126 valence electrons. The highest BCUT2D eigenvalue weighted by molar-refractivity contribution is 5.94. The minimum absolute atomic E-state index is 0.0522. The molecule has 5 nitrogen and oxygen atoms in total. The van der Waals surface area contributed by atoms with E-state index in [0.717, 1.165) is 49.1 Å². The Kier molecular flexibility index (Phi) is 4.87. The normalized spacial score (nSPS) is 21.2. The summed E-state index contributed by atoms with van der Waals surface area (Å²) in [6, 6.07) is 5.73. The fourth-order valence-electron chi connectivity index (χ4n) is 3.45. The summed E-state index contributed by atoms with van der Waals surface area (Å²) in [6.07, 6.45) is 6.54. The first-order chi connectivity index (χ1) is 11.1. The Bertz CT molecular complexity index is 567. The van der Waals surface area contributed by atoms with Crippen LogP contribution in [0.15, 0.2) is 18.2 Å². The molecular formula is C18H26N2O3. The first-order valence-corrected chi connectivity index (χ1v) is 8.68. The van der Waals surface area contributed by atoms with Crippen LogP contribution >= 0.6 is 0 Å². The monoisotopic (exact) mass is 318 g/mol. The van der Waals surface area contributed by atoms with E-state index in [1.807, 2.05) is 25.1 Å². The van der Waals surface area contributed by atoms with E-state index in [2.05, 4.69) is 10.6 Å². The summed E-state index contributed by atoms with van der Waals surface area (Å²) in [5.74, 6) is 0.845. The van der Waals surface area contributed by atoms with Gasteiger partial charge in [-0.3, -0.25) is 10.1 Å². The maximum atomic E-state index is 11.5. The topological polar surface area (TPSA) is 70.6 Å². The number of hydrogen-bond donors (Lipinski definition) is 3. The van der Waals surface area contributed by atoms with Crippen molar-refractivity contribution in [2.75, 3.05) is 5.32 Å². The van der Waals surface area contributed by atoms with Gasteiger partial charge in [0.1, 0.15) is 11.5 Å². The second-order valence-electron chi connectivity index (χ2n) is 6.58. The van der Waals surface area contributed by atoms with Crippen molar-refractivity contribution >= 4 is 11.6 Å². The second-order valence-corrected chi connectivity index (χ2v) is 6.58. The van der Waals surface area contributed by atoms with Crippen LogP contribution in [-0.4, -0.2) is 23.0 Å². The largest absolute Gasteiger partial charge is 0.475 e. The molecule has 1 heterocycles. The average Bonchev–Trinajstić information content (AvgIpc) is 2.54. The van der Waals surface area contributed by atoms with Gasteiger partial charge < -0.3 is 15.2 Å². The van der Waals surface area contributed by atoms with E-state index in [0.29, 0.717) is 12.8 Å². The lowest BCUT2D eigenvalue weighted by molar-refractivity contribution is -0.116. The minimum Gasteiger partial charge on any atom is -0.475 e. The average molecular weight is 318 g/mol. The highest BCUT2D eigenvalue weighted by Gasteiger charge is 2.32.